The number of alkyl halides is 3. The summed E-state index contributed by atoms with van der Waals surface area (Å²) in [6.07, 6.45) is -5.64. The molecule has 0 bridgehead atoms. The molecule has 0 unspecified atom stereocenters. The molecule has 0 saturated carbocycles. The SMILES string of the molecule is COC(=O)[C@H](CCCC#N)NC(=O)[C@@H](O)c1ccc(C(F)(F)F)cc1. The lowest BCUT2D eigenvalue weighted by molar-refractivity contribution is -0.146. The third-order valence-corrected chi connectivity index (χ3v) is 3.39. The normalized spacial score (nSPS) is 13.4. The molecule has 0 fully saturated rings. The van der Waals surface area contributed by atoms with Crippen LogP contribution >= 0.6 is 0 Å². The molecule has 1 aromatic rings. The van der Waals surface area contributed by atoms with Gasteiger partial charge in [0.25, 0.3) is 5.91 Å². The summed E-state index contributed by atoms with van der Waals surface area (Å²) in [5, 5.41) is 20.7. The molecule has 1 rings (SSSR count). The van der Waals surface area contributed by atoms with Crippen LogP contribution in [-0.4, -0.2) is 30.1 Å². The van der Waals surface area contributed by atoms with Crippen LogP contribution in [0.1, 0.15) is 36.5 Å². The van der Waals surface area contributed by atoms with Crippen molar-refractivity contribution in [3.05, 3.63) is 35.4 Å². The van der Waals surface area contributed by atoms with Gasteiger partial charge in [-0.25, -0.2) is 4.79 Å². The van der Waals surface area contributed by atoms with Crippen LogP contribution in [0.2, 0.25) is 0 Å². The maximum Gasteiger partial charge on any atom is 0.416 e. The first-order valence-corrected chi connectivity index (χ1v) is 7.31. The van der Waals surface area contributed by atoms with E-state index in [2.05, 4.69) is 10.1 Å². The van der Waals surface area contributed by atoms with E-state index in [-0.39, 0.29) is 18.4 Å². The standard InChI is InChI=1S/C16H17F3N2O4/c1-25-15(24)12(4-2-3-9-20)21-14(23)13(22)10-5-7-11(8-6-10)16(17,18)19/h5-8,12-13,22H,2-4H2,1H3,(H,21,23)/t12-,13-/m0/s1. The number of methoxy groups -OCH3 is 1. The molecule has 9 heteroatoms. The lowest BCUT2D eigenvalue weighted by Gasteiger charge is -2.19. The van der Waals surface area contributed by atoms with Gasteiger partial charge in [0.05, 0.1) is 18.7 Å². The van der Waals surface area contributed by atoms with Crippen LogP contribution in [0, 0.1) is 11.3 Å². The van der Waals surface area contributed by atoms with Crippen LogP contribution in [0.15, 0.2) is 24.3 Å². The minimum atomic E-state index is -4.53. The van der Waals surface area contributed by atoms with Gasteiger partial charge in [0.15, 0.2) is 6.10 Å². The molecule has 2 atom stereocenters. The van der Waals surface area contributed by atoms with Gasteiger partial charge >= 0.3 is 12.1 Å². The van der Waals surface area contributed by atoms with E-state index in [9.17, 15) is 27.9 Å². The largest absolute Gasteiger partial charge is 0.467 e. The van der Waals surface area contributed by atoms with Crippen molar-refractivity contribution in [1.82, 2.24) is 5.32 Å². The molecule has 2 N–H and O–H groups in total. The van der Waals surface area contributed by atoms with E-state index in [0.29, 0.717) is 6.42 Å². The summed E-state index contributed by atoms with van der Waals surface area (Å²) in [4.78, 5) is 23.7. The Hall–Kier alpha value is -2.60. The molecule has 0 heterocycles. The topological polar surface area (TPSA) is 99.4 Å². The zero-order chi connectivity index (χ0) is 19.0. The molecule has 1 aromatic carbocycles. The Morgan fingerprint density at radius 2 is 1.92 bits per heavy atom. The zero-order valence-electron chi connectivity index (χ0n) is 13.3. The number of ether oxygens (including phenoxy) is 1. The van der Waals surface area contributed by atoms with Gasteiger partial charge in [0.2, 0.25) is 0 Å². The number of hydrogen-bond acceptors (Lipinski definition) is 5. The third kappa shape index (κ3) is 6.08. The Morgan fingerprint density at radius 3 is 2.40 bits per heavy atom. The maximum atomic E-state index is 12.5. The van der Waals surface area contributed by atoms with E-state index in [1.807, 2.05) is 6.07 Å². The average Bonchev–Trinajstić information content (AvgIpc) is 2.58. The third-order valence-electron chi connectivity index (χ3n) is 3.39. The van der Waals surface area contributed by atoms with Crippen molar-refractivity contribution in [1.29, 1.82) is 5.26 Å². The number of amides is 1. The Labute approximate surface area is 142 Å². The highest BCUT2D eigenvalue weighted by Crippen LogP contribution is 2.30. The van der Waals surface area contributed by atoms with E-state index in [0.717, 1.165) is 31.4 Å². The van der Waals surface area contributed by atoms with Crippen molar-refractivity contribution >= 4 is 11.9 Å². The fourth-order valence-electron chi connectivity index (χ4n) is 2.03. The van der Waals surface area contributed by atoms with E-state index in [4.69, 9.17) is 5.26 Å². The highest BCUT2D eigenvalue weighted by molar-refractivity contribution is 5.87. The fourth-order valence-corrected chi connectivity index (χ4v) is 2.03. The highest BCUT2D eigenvalue weighted by Gasteiger charge is 2.31. The first kappa shape index (κ1) is 20.4. The molecule has 0 aromatic heterocycles. The number of benzene rings is 1. The van der Waals surface area contributed by atoms with Crippen LogP contribution in [-0.2, 0) is 20.5 Å². The number of rotatable bonds is 7. The number of aliphatic hydroxyl groups excluding tert-OH is 1. The lowest BCUT2D eigenvalue weighted by atomic mass is 10.0. The molecule has 0 saturated heterocycles. The van der Waals surface area contributed by atoms with Crippen LogP contribution in [0.4, 0.5) is 13.2 Å². The van der Waals surface area contributed by atoms with Gasteiger partial charge in [0.1, 0.15) is 6.04 Å². The van der Waals surface area contributed by atoms with Crippen LogP contribution in [0.25, 0.3) is 0 Å². The van der Waals surface area contributed by atoms with Crippen molar-refractivity contribution in [2.45, 2.75) is 37.6 Å². The number of nitriles is 1. The summed E-state index contributed by atoms with van der Waals surface area (Å²) in [5.74, 6) is -1.70. The molecule has 25 heavy (non-hydrogen) atoms. The molecule has 136 valence electrons. The van der Waals surface area contributed by atoms with Crippen molar-refractivity contribution < 1.29 is 32.6 Å². The number of unbranched alkanes of at least 4 members (excludes halogenated alkanes) is 1. The second-order valence-electron chi connectivity index (χ2n) is 5.16. The first-order chi connectivity index (χ1) is 11.7. The van der Waals surface area contributed by atoms with Crippen molar-refractivity contribution in [3.8, 4) is 6.07 Å². The summed E-state index contributed by atoms with van der Waals surface area (Å²) < 4.78 is 42.1. The van der Waals surface area contributed by atoms with Crippen LogP contribution in [0.3, 0.4) is 0 Å². The molecule has 1 amide bonds. The number of nitrogens with zero attached hydrogens (tertiary/aromatic N) is 1. The second kappa shape index (κ2) is 9.03. The van der Waals surface area contributed by atoms with Gasteiger partial charge < -0.3 is 15.2 Å². The number of nitrogens with one attached hydrogen (secondary N) is 1. The maximum absolute atomic E-state index is 12.5. The molecule has 0 spiro atoms. The summed E-state index contributed by atoms with van der Waals surface area (Å²) >= 11 is 0. The predicted molar refractivity (Wildman–Crippen MR) is 79.8 cm³/mol. The first-order valence-electron chi connectivity index (χ1n) is 7.31. The van der Waals surface area contributed by atoms with Gasteiger partial charge in [-0.05, 0) is 30.5 Å². The van der Waals surface area contributed by atoms with E-state index in [1.165, 1.54) is 0 Å². The Morgan fingerprint density at radius 1 is 1.32 bits per heavy atom. The highest BCUT2D eigenvalue weighted by atomic mass is 19.4. The number of carbonyl (C=O) groups is 2. The summed E-state index contributed by atoms with van der Waals surface area (Å²) in [7, 11) is 1.12. The van der Waals surface area contributed by atoms with E-state index < -0.39 is 35.8 Å². The molecular weight excluding hydrogens is 341 g/mol. The molecule has 6 nitrogen and oxygen atoms in total. The molecule has 0 aliphatic rings. The Bertz CT molecular complexity index is 638. The van der Waals surface area contributed by atoms with Crippen LogP contribution < -0.4 is 5.32 Å². The van der Waals surface area contributed by atoms with Crippen molar-refractivity contribution in [3.63, 3.8) is 0 Å². The molecule has 0 radical (unpaired) electrons. The van der Waals surface area contributed by atoms with Crippen LogP contribution in [0.5, 0.6) is 0 Å². The summed E-state index contributed by atoms with van der Waals surface area (Å²) in [5.41, 5.74) is -0.959. The van der Waals surface area contributed by atoms with E-state index >= 15 is 0 Å². The van der Waals surface area contributed by atoms with Gasteiger partial charge in [-0.1, -0.05) is 12.1 Å². The van der Waals surface area contributed by atoms with E-state index in [1.54, 1.807) is 0 Å². The number of hydrogen-bond donors (Lipinski definition) is 2. The monoisotopic (exact) mass is 358 g/mol. The zero-order valence-corrected chi connectivity index (χ0v) is 13.3. The van der Waals surface area contributed by atoms with Crippen molar-refractivity contribution in [2.75, 3.05) is 7.11 Å². The number of esters is 1. The predicted octanol–water partition coefficient (Wildman–Crippen LogP) is 2.09. The Balaban J connectivity index is 2.79. The smallest absolute Gasteiger partial charge is 0.416 e. The van der Waals surface area contributed by atoms with Gasteiger partial charge in [-0.3, -0.25) is 4.79 Å². The number of carbonyl (C=O) groups excluding carboxylic acids is 2. The lowest BCUT2D eigenvalue weighted by Crippen LogP contribution is -2.43. The molecular formula is C16H17F3N2O4. The van der Waals surface area contributed by atoms with Crippen molar-refractivity contribution in [2.24, 2.45) is 0 Å². The number of aliphatic hydroxyl groups is 1. The quantitative estimate of drug-likeness (QED) is 0.574. The Kier molecular flexibility index (Phi) is 7.39. The van der Waals surface area contributed by atoms with Gasteiger partial charge in [-0.15, -0.1) is 0 Å². The summed E-state index contributed by atoms with van der Waals surface area (Å²) in [6, 6.07) is 4.29. The number of halogens is 3. The minimum Gasteiger partial charge on any atom is -0.467 e. The average molecular weight is 358 g/mol. The molecule has 0 aliphatic heterocycles. The molecule has 0 aliphatic carbocycles. The van der Waals surface area contributed by atoms with Gasteiger partial charge in [0, 0.05) is 6.42 Å². The fraction of sp³-hybridized carbons (Fsp3) is 0.438. The minimum absolute atomic E-state index is 0.0499. The van der Waals surface area contributed by atoms with Gasteiger partial charge in [-0.2, -0.15) is 18.4 Å². The second-order valence-corrected chi connectivity index (χ2v) is 5.16. The summed E-state index contributed by atoms with van der Waals surface area (Å²) in [6.45, 7) is 0.